The van der Waals surface area contributed by atoms with Crippen molar-refractivity contribution < 1.29 is 4.79 Å². The third-order valence-electron chi connectivity index (χ3n) is 5.18. The maximum Gasteiger partial charge on any atom is 0.257 e. The summed E-state index contributed by atoms with van der Waals surface area (Å²) in [5, 5.41) is 3.94. The van der Waals surface area contributed by atoms with Gasteiger partial charge in [-0.1, -0.05) is 6.92 Å². The Hall–Kier alpha value is -2.12. The molecule has 1 aliphatic heterocycles. The van der Waals surface area contributed by atoms with Crippen molar-refractivity contribution in [2.24, 2.45) is 5.92 Å². The van der Waals surface area contributed by atoms with Crippen LogP contribution in [0.3, 0.4) is 0 Å². The van der Waals surface area contributed by atoms with Gasteiger partial charge in [0.1, 0.15) is 17.0 Å². The van der Waals surface area contributed by atoms with Gasteiger partial charge in [-0.05, 0) is 56.2 Å². The van der Waals surface area contributed by atoms with Gasteiger partial charge in [-0.3, -0.25) is 4.79 Å². The van der Waals surface area contributed by atoms with Gasteiger partial charge in [0.2, 0.25) is 0 Å². The Morgan fingerprint density at radius 2 is 2.07 bits per heavy atom. The van der Waals surface area contributed by atoms with Gasteiger partial charge in [-0.15, -0.1) is 23.1 Å². The zero-order valence-corrected chi connectivity index (χ0v) is 18.0. The first-order chi connectivity index (χ1) is 13.6. The molecule has 0 spiro atoms. The van der Waals surface area contributed by atoms with Crippen molar-refractivity contribution in [1.29, 1.82) is 0 Å². The topological polar surface area (TPSA) is 58.1 Å². The summed E-state index contributed by atoms with van der Waals surface area (Å²) in [7, 11) is 0. The van der Waals surface area contributed by atoms with Crippen molar-refractivity contribution in [2.45, 2.75) is 31.6 Å². The third kappa shape index (κ3) is 3.73. The van der Waals surface area contributed by atoms with Crippen molar-refractivity contribution in [1.82, 2.24) is 9.97 Å². The van der Waals surface area contributed by atoms with E-state index in [-0.39, 0.29) is 5.91 Å². The van der Waals surface area contributed by atoms with Gasteiger partial charge in [0, 0.05) is 28.5 Å². The number of fused-ring (bicyclic) bond motifs is 1. The molecule has 1 atom stereocenters. The van der Waals surface area contributed by atoms with Gasteiger partial charge in [0.25, 0.3) is 5.91 Å². The molecular weight excluding hydrogens is 388 g/mol. The van der Waals surface area contributed by atoms with Crippen LogP contribution in [0.25, 0.3) is 10.2 Å². The number of thioether (sulfide) groups is 1. The van der Waals surface area contributed by atoms with Gasteiger partial charge in [0.15, 0.2) is 0 Å². The van der Waals surface area contributed by atoms with E-state index in [2.05, 4.69) is 27.1 Å². The summed E-state index contributed by atoms with van der Waals surface area (Å²) in [6, 6.07) is 7.92. The smallest absolute Gasteiger partial charge is 0.257 e. The van der Waals surface area contributed by atoms with Crippen LogP contribution in [0.15, 0.2) is 35.5 Å². The fourth-order valence-corrected chi connectivity index (χ4v) is 5.18. The quantitative estimate of drug-likeness (QED) is 0.596. The Labute approximate surface area is 173 Å². The van der Waals surface area contributed by atoms with E-state index < -0.39 is 0 Å². The van der Waals surface area contributed by atoms with Crippen LogP contribution in [0.2, 0.25) is 0 Å². The zero-order chi connectivity index (χ0) is 19.7. The second-order valence-electron chi connectivity index (χ2n) is 7.29. The van der Waals surface area contributed by atoms with Crippen molar-refractivity contribution in [3.05, 3.63) is 41.0 Å². The molecule has 3 heterocycles. The summed E-state index contributed by atoms with van der Waals surface area (Å²) >= 11 is 3.24. The lowest BCUT2D eigenvalue weighted by atomic mass is 10.00. The van der Waals surface area contributed by atoms with Crippen molar-refractivity contribution >= 4 is 50.7 Å². The average Bonchev–Trinajstić information content (AvgIpc) is 3.04. The number of benzene rings is 1. The van der Waals surface area contributed by atoms with Crippen molar-refractivity contribution in [2.75, 3.05) is 29.6 Å². The molecule has 1 aliphatic rings. The lowest BCUT2D eigenvalue weighted by Crippen LogP contribution is -2.35. The first-order valence-corrected chi connectivity index (χ1v) is 11.6. The van der Waals surface area contributed by atoms with Crippen LogP contribution in [0.4, 0.5) is 11.5 Å². The number of nitrogens with zero attached hydrogens (tertiary/aromatic N) is 3. The van der Waals surface area contributed by atoms with E-state index in [0.717, 1.165) is 46.1 Å². The van der Waals surface area contributed by atoms with Gasteiger partial charge < -0.3 is 10.2 Å². The molecule has 1 saturated heterocycles. The van der Waals surface area contributed by atoms with E-state index in [1.165, 1.54) is 11.3 Å². The summed E-state index contributed by atoms with van der Waals surface area (Å²) in [6.07, 6.45) is 6.05. The fourth-order valence-electron chi connectivity index (χ4n) is 3.79. The Morgan fingerprint density at radius 1 is 1.29 bits per heavy atom. The molecule has 4 rings (SSSR count). The first-order valence-electron chi connectivity index (χ1n) is 9.51. The molecule has 2 aromatic heterocycles. The number of aryl methyl sites for hydroxylation is 1. The van der Waals surface area contributed by atoms with E-state index in [9.17, 15) is 4.79 Å². The van der Waals surface area contributed by atoms with E-state index in [1.54, 1.807) is 29.4 Å². The van der Waals surface area contributed by atoms with Gasteiger partial charge in [-0.25, -0.2) is 9.97 Å². The molecule has 28 heavy (non-hydrogen) atoms. The highest BCUT2D eigenvalue weighted by molar-refractivity contribution is 7.98. The minimum absolute atomic E-state index is 0.0956. The highest BCUT2D eigenvalue weighted by Crippen LogP contribution is 2.36. The standard InChI is InChI=1S/C21H24N4OS2/c1-13-5-4-10-25(11-13)19-18-17(14(2)28-21(18)23-12-22-19)20(26)24-15-6-8-16(27-3)9-7-15/h6-9,12-13H,4-5,10-11H2,1-3H3,(H,24,26). The Bertz CT molecular complexity index is 1000. The normalized spacial score (nSPS) is 17.1. The number of carbonyl (C=O) groups is 1. The largest absolute Gasteiger partial charge is 0.356 e. The molecule has 1 unspecified atom stereocenters. The summed E-state index contributed by atoms with van der Waals surface area (Å²) in [6.45, 7) is 6.21. The number of carbonyl (C=O) groups excluding carboxylic acids is 1. The number of hydrogen-bond donors (Lipinski definition) is 1. The molecule has 0 bridgehead atoms. The van der Waals surface area contributed by atoms with E-state index in [4.69, 9.17) is 0 Å². The van der Waals surface area contributed by atoms with Crippen LogP contribution in [0.1, 0.15) is 35.0 Å². The number of aromatic nitrogens is 2. The summed E-state index contributed by atoms with van der Waals surface area (Å²) < 4.78 is 0. The lowest BCUT2D eigenvalue weighted by molar-refractivity contribution is 0.102. The maximum absolute atomic E-state index is 13.2. The molecule has 1 amide bonds. The third-order valence-corrected chi connectivity index (χ3v) is 6.93. The predicted octanol–water partition coefficient (Wildman–Crippen LogP) is 5.21. The van der Waals surface area contributed by atoms with E-state index in [0.29, 0.717) is 11.5 Å². The maximum atomic E-state index is 13.2. The predicted molar refractivity (Wildman–Crippen MR) is 119 cm³/mol. The molecule has 0 aliphatic carbocycles. The Balaban J connectivity index is 1.71. The lowest BCUT2D eigenvalue weighted by Gasteiger charge is -2.32. The van der Waals surface area contributed by atoms with Gasteiger partial charge in [-0.2, -0.15) is 0 Å². The van der Waals surface area contributed by atoms with Crippen LogP contribution in [-0.2, 0) is 0 Å². The molecule has 3 aromatic rings. The molecule has 5 nitrogen and oxygen atoms in total. The molecule has 0 radical (unpaired) electrons. The Morgan fingerprint density at radius 3 is 2.79 bits per heavy atom. The summed E-state index contributed by atoms with van der Waals surface area (Å²) in [4.78, 5) is 27.6. The fraction of sp³-hybridized carbons (Fsp3) is 0.381. The minimum atomic E-state index is -0.0956. The van der Waals surface area contributed by atoms with Crippen molar-refractivity contribution in [3.8, 4) is 0 Å². The van der Waals surface area contributed by atoms with Gasteiger partial charge >= 0.3 is 0 Å². The second-order valence-corrected chi connectivity index (χ2v) is 9.37. The van der Waals surface area contributed by atoms with Crippen molar-refractivity contribution in [3.63, 3.8) is 0 Å². The number of anilines is 2. The highest BCUT2D eigenvalue weighted by Gasteiger charge is 2.25. The van der Waals surface area contributed by atoms with Crippen LogP contribution in [0.5, 0.6) is 0 Å². The van der Waals surface area contributed by atoms with Crippen LogP contribution < -0.4 is 10.2 Å². The molecule has 1 aromatic carbocycles. The number of amides is 1. The summed E-state index contributed by atoms with van der Waals surface area (Å²) in [5.74, 6) is 1.43. The number of nitrogens with one attached hydrogen (secondary N) is 1. The average molecular weight is 413 g/mol. The monoisotopic (exact) mass is 412 g/mol. The van der Waals surface area contributed by atoms with E-state index in [1.807, 2.05) is 37.4 Å². The summed E-state index contributed by atoms with van der Waals surface area (Å²) in [5.41, 5.74) is 1.49. The second kappa shape index (κ2) is 8.09. The molecular formula is C21H24N4OS2. The SMILES string of the molecule is CSc1ccc(NC(=O)c2c(C)sc3ncnc(N4CCCC(C)C4)c23)cc1. The van der Waals surface area contributed by atoms with Crippen LogP contribution in [-0.4, -0.2) is 35.2 Å². The molecule has 1 fully saturated rings. The number of hydrogen-bond acceptors (Lipinski definition) is 6. The Kier molecular flexibility index (Phi) is 5.55. The van der Waals surface area contributed by atoms with Crippen LogP contribution in [0, 0.1) is 12.8 Å². The number of rotatable bonds is 4. The molecule has 7 heteroatoms. The first kappa shape index (κ1) is 19.2. The van der Waals surface area contributed by atoms with E-state index >= 15 is 0 Å². The van der Waals surface area contributed by atoms with Gasteiger partial charge in [0.05, 0.1) is 10.9 Å². The van der Waals surface area contributed by atoms with Crippen LogP contribution >= 0.6 is 23.1 Å². The highest BCUT2D eigenvalue weighted by atomic mass is 32.2. The zero-order valence-electron chi connectivity index (χ0n) is 16.4. The molecule has 1 N–H and O–H groups in total. The molecule has 0 saturated carbocycles. The molecule has 146 valence electrons. The number of piperidine rings is 1. The minimum Gasteiger partial charge on any atom is -0.356 e. The number of thiophene rings is 1.